The van der Waals surface area contributed by atoms with Crippen LogP contribution < -0.4 is 10.3 Å². The molecule has 0 atom stereocenters. The van der Waals surface area contributed by atoms with Gasteiger partial charge >= 0.3 is 6.18 Å². The molecule has 2 rings (SSSR count). The molecule has 0 aliphatic rings. The highest BCUT2D eigenvalue weighted by molar-refractivity contribution is 9.10. The monoisotopic (exact) mass is 334 g/mol. The van der Waals surface area contributed by atoms with Gasteiger partial charge in [-0.3, -0.25) is 4.79 Å². The van der Waals surface area contributed by atoms with E-state index in [2.05, 4.69) is 20.9 Å². The molecule has 0 aliphatic heterocycles. The van der Waals surface area contributed by atoms with E-state index in [9.17, 15) is 18.0 Å². The Hall–Kier alpha value is -1.83. The number of nitrogens with one attached hydrogen (secondary N) is 1. The number of hydrogen-bond donors (Lipinski definition) is 1. The van der Waals surface area contributed by atoms with Crippen LogP contribution in [-0.4, -0.2) is 9.97 Å². The summed E-state index contributed by atoms with van der Waals surface area (Å²) in [7, 11) is 0. The molecule has 1 heterocycles. The summed E-state index contributed by atoms with van der Waals surface area (Å²) in [4.78, 5) is 16.6. The molecule has 1 N–H and O–H groups in total. The van der Waals surface area contributed by atoms with Crippen molar-refractivity contribution in [1.82, 2.24) is 9.97 Å². The van der Waals surface area contributed by atoms with Gasteiger partial charge in [-0.1, -0.05) is 22.0 Å². The van der Waals surface area contributed by atoms with Crippen molar-refractivity contribution in [2.45, 2.75) is 6.18 Å². The lowest BCUT2D eigenvalue weighted by atomic mass is 10.3. The maximum atomic E-state index is 12.7. The van der Waals surface area contributed by atoms with Crippen molar-refractivity contribution < 1.29 is 17.9 Å². The third-order valence-corrected chi connectivity index (χ3v) is 2.59. The van der Waals surface area contributed by atoms with Crippen LogP contribution in [-0.2, 0) is 6.18 Å². The largest absolute Gasteiger partial charge is 0.449 e. The molecule has 4 nitrogen and oxygen atoms in total. The van der Waals surface area contributed by atoms with Gasteiger partial charge in [-0.15, -0.1) is 0 Å². The van der Waals surface area contributed by atoms with E-state index >= 15 is 0 Å². The lowest BCUT2D eigenvalue weighted by molar-refractivity contribution is -0.142. The van der Waals surface area contributed by atoms with Crippen molar-refractivity contribution in [3.8, 4) is 11.5 Å². The molecule has 0 bridgehead atoms. The topological polar surface area (TPSA) is 55.0 Å². The van der Waals surface area contributed by atoms with E-state index in [1.807, 2.05) is 4.98 Å². The highest BCUT2D eigenvalue weighted by atomic mass is 79.9. The third kappa shape index (κ3) is 3.14. The van der Waals surface area contributed by atoms with Crippen LogP contribution in [0.15, 0.2) is 39.9 Å². The van der Waals surface area contributed by atoms with E-state index in [4.69, 9.17) is 4.74 Å². The maximum absolute atomic E-state index is 12.7. The smallest absolute Gasteiger partial charge is 0.437 e. The molecule has 0 amide bonds. The minimum atomic E-state index is -4.77. The molecule has 0 spiro atoms. The first kappa shape index (κ1) is 13.6. The second kappa shape index (κ2) is 5.04. The van der Waals surface area contributed by atoms with Crippen LogP contribution in [0, 0.1) is 0 Å². The van der Waals surface area contributed by atoms with Crippen LogP contribution in [0.2, 0.25) is 0 Å². The van der Waals surface area contributed by atoms with Crippen LogP contribution >= 0.6 is 15.9 Å². The Balaban J connectivity index is 2.48. The third-order valence-electron chi connectivity index (χ3n) is 2.10. The molecule has 2 aromatic rings. The van der Waals surface area contributed by atoms with Gasteiger partial charge in [0.1, 0.15) is 5.75 Å². The molecule has 100 valence electrons. The van der Waals surface area contributed by atoms with E-state index in [1.165, 1.54) is 12.1 Å². The number of aromatic amines is 1. The fraction of sp³-hybridized carbons (Fsp3) is 0.0909. The minimum Gasteiger partial charge on any atom is -0.449 e. The van der Waals surface area contributed by atoms with E-state index in [-0.39, 0.29) is 5.75 Å². The first-order valence-corrected chi connectivity index (χ1v) is 5.75. The van der Waals surface area contributed by atoms with Gasteiger partial charge in [-0.05, 0) is 18.2 Å². The van der Waals surface area contributed by atoms with Crippen LogP contribution in [0.4, 0.5) is 13.2 Å². The Bertz CT molecular complexity index is 655. The van der Waals surface area contributed by atoms with E-state index in [0.717, 1.165) is 0 Å². The van der Waals surface area contributed by atoms with Crippen molar-refractivity contribution in [2.24, 2.45) is 0 Å². The molecular formula is C11H6BrF3N2O2. The van der Waals surface area contributed by atoms with Gasteiger partial charge in [0.25, 0.3) is 5.56 Å². The Kier molecular flexibility index (Phi) is 3.61. The van der Waals surface area contributed by atoms with Gasteiger partial charge in [0.15, 0.2) is 5.69 Å². The van der Waals surface area contributed by atoms with Crippen LogP contribution in [0.25, 0.3) is 0 Å². The highest BCUT2D eigenvalue weighted by Crippen LogP contribution is 2.34. The van der Waals surface area contributed by atoms with E-state index in [0.29, 0.717) is 10.8 Å². The summed E-state index contributed by atoms with van der Waals surface area (Å²) in [5.41, 5.74) is -2.36. The number of rotatable bonds is 2. The van der Waals surface area contributed by atoms with Crippen molar-refractivity contribution in [1.29, 1.82) is 0 Å². The molecule has 1 aromatic heterocycles. The van der Waals surface area contributed by atoms with Gasteiger partial charge in [0.05, 0.1) is 6.33 Å². The van der Waals surface area contributed by atoms with Crippen LogP contribution in [0.1, 0.15) is 5.69 Å². The quantitative estimate of drug-likeness (QED) is 0.916. The van der Waals surface area contributed by atoms with Crippen molar-refractivity contribution >= 4 is 15.9 Å². The summed E-state index contributed by atoms with van der Waals surface area (Å²) in [6.07, 6.45) is -4.09. The molecule has 0 saturated heterocycles. The first-order valence-electron chi connectivity index (χ1n) is 4.96. The Labute approximate surface area is 113 Å². The predicted molar refractivity (Wildman–Crippen MR) is 64.1 cm³/mol. The Morgan fingerprint density at radius 2 is 2.05 bits per heavy atom. The molecule has 1 aromatic carbocycles. The maximum Gasteiger partial charge on any atom is 0.437 e. The molecule has 19 heavy (non-hydrogen) atoms. The highest BCUT2D eigenvalue weighted by Gasteiger charge is 2.38. The summed E-state index contributed by atoms with van der Waals surface area (Å²) in [6.45, 7) is 0. The minimum absolute atomic E-state index is 0.0957. The van der Waals surface area contributed by atoms with Gasteiger partial charge in [-0.2, -0.15) is 13.2 Å². The zero-order chi connectivity index (χ0) is 14.0. The van der Waals surface area contributed by atoms with Crippen LogP contribution in [0.3, 0.4) is 0 Å². The van der Waals surface area contributed by atoms with Crippen molar-refractivity contribution in [3.05, 3.63) is 51.1 Å². The number of hydrogen-bond acceptors (Lipinski definition) is 3. The number of H-pyrrole nitrogens is 1. The zero-order valence-electron chi connectivity index (χ0n) is 9.16. The van der Waals surface area contributed by atoms with E-state index in [1.54, 1.807) is 12.1 Å². The molecule has 0 aliphatic carbocycles. The molecule has 8 heteroatoms. The number of ether oxygens (including phenoxy) is 1. The van der Waals surface area contributed by atoms with Crippen molar-refractivity contribution in [3.63, 3.8) is 0 Å². The van der Waals surface area contributed by atoms with Gasteiger partial charge in [-0.25, -0.2) is 4.98 Å². The fourth-order valence-corrected chi connectivity index (χ4v) is 1.71. The van der Waals surface area contributed by atoms with Gasteiger partial charge < -0.3 is 9.72 Å². The number of nitrogens with zero attached hydrogens (tertiary/aromatic N) is 1. The first-order chi connectivity index (χ1) is 8.88. The molecular weight excluding hydrogens is 329 g/mol. The Morgan fingerprint density at radius 3 is 2.68 bits per heavy atom. The lowest BCUT2D eigenvalue weighted by Gasteiger charge is -2.11. The molecule has 0 unspecified atom stereocenters. The standard InChI is InChI=1S/C11H6BrF3N2O2/c12-6-2-1-3-7(4-6)19-8-9(11(13,14)15)16-5-17-10(8)18/h1-5H,(H,16,17,18). The summed E-state index contributed by atoms with van der Waals surface area (Å²) in [6, 6.07) is 6.10. The normalized spacial score (nSPS) is 11.4. The molecule has 0 saturated carbocycles. The summed E-state index contributed by atoms with van der Waals surface area (Å²) in [5, 5.41) is 0. The summed E-state index contributed by atoms with van der Waals surface area (Å²) < 4.78 is 43.7. The average molecular weight is 335 g/mol. The SMILES string of the molecule is O=c1[nH]cnc(C(F)(F)F)c1Oc1cccc(Br)c1. The van der Waals surface area contributed by atoms with Gasteiger partial charge in [0.2, 0.25) is 5.75 Å². The van der Waals surface area contributed by atoms with Crippen molar-refractivity contribution in [2.75, 3.05) is 0 Å². The summed E-state index contributed by atoms with van der Waals surface area (Å²) in [5.74, 6) is -0.786. The molecule has 0 fully saturated rings. The second-order valence-corrected chi connectivity index (χ2v) is 4.38. The van der Waals surface area contributed by atoms with E-state index < -0.39 is 23.2 Å². The fourth-order valence-electron chi connectivity index (χ4n) is 1.33. The number of halogens is 4. The Morgan fingerprint density at radius 1 is 1.32 bits per heavy atom. The predicted octanol–water partition coefficient (Wildman–Crippen LogP) is 3.34. The lowest BCUT2D eigenvalue weighted by Crippen LogP contribution is -2.18. The van der Waals surface area contributed by atoms with Crippen LogP contribution in [0.5, 0.6) is 11.5 Å². The number of aromatic nitrogens is 2. The average Bonchev–Trinajstić information content (AvgIpc) is 2.30. The van der Waals surface area contributed by atoms with Gasteiger partial charge in [0, 0.05) is 4.47 Å². The number of alkyl halides is 3. The summed E-state index contributed by atoms with van der Waals surface area (Å²) >= 11 is 3.15. The zero-order valence-corrected chi connectivity index (χ0v) is 10.7. The second-order valence-electron chi connectivity index (χ2n) is 3.47. The number of benzene rings is 1. The molecule has 0 radical (unpaired) electrons.